The third-order valence-corrected chi connectivity index (χ3v) is 1.76. The van der Waals surface area contributed by atoms with Gasteiger partial charge in [-0.05, 0) is 6.07 Å². The van der Waals surface area contributed by atoms with E-state index < -0.39 is 41.4 Å². The van der Waals surface area contributed by atoms with Crippen LogP contribution in [0.25, 0.3) is 0 Å². The summed E-state index contributed by atoms with van der Waals surface area (Å²) in [6, 6.07) is 2.33. The summed E-state index contributed by atoms with van der Waals surface area (Å²) in [6.07, 6.45) is -5.69. The molecule has 1 aromatic rings. The second kappa shape index (κ2) is 4.98. The van der Waals surface area contributed by atoms with Crippen LogP contribution in [0.5, 0.6) is 5.75 Å². The molecule has 0 aliphatic carbocycles. The topological polar surface area (TPSA) is 52.4 Å². The number of rotatable bonds is 4. The number of hydrogen-bond acceptors (Lipinski definition) is 3. The number of nitrogens with zero attached hydrogens (tertiary/aromatic N) is 1. The lowest BCUT2D eigenvalue weighted by Gasteiger charge is -2.08. The quantitative estimate of drug-likeness (QED) is 0.470. The van der Waals surface area contributed by atoms with Gasteiger partial charge in [-0.25, -0.2) is 4.39 Å². The molecule has 0 N–H and O–H groups in total. The molecule has 1 aromatic carbocycles. The summed E-state index contributed by atoms with van der Waals surface area (Å²) in [5.74, 6) is -1.34. The normalized spacial score (nSPS) is 11.3. The summed E-state index contributed by atoms with van der Waals surface area (Å²) in [6.45, 7) is -0.798. The molecular formula is C9H7F4NO3. The van der Waals surface area contributed by atoms with Gasteiger partial charge in [0.2, 0.25) is 0 Å². The van der Waals surface area contributed by atoms with E-state index >= 15 is 0 Å². The number of nitro benzene ring substituents is 1. The van der Waals surface area contributed by atoms with Crippen molar-refractivity contribution in [1.29, 1.82) is 0 Å². The average molecular weight is 253 g/mol. The maximum absolute atomic E-state index is 12.7. The molecule has 0 amide bonds. The second-order valence-corrected chi connectivity index (χ2v) is 3.08. The molecule has 0 atom stereocenters. The third-order valence-electron chi connectivity index (χ3n) is 1.76. The number of ether oxygens (including phenoxy) is 1. The molecular weight excluding hydrogens is 246 g/mol. The van der Waals surface area contributed by atoms with Gasteiger partial charge in [0.25, 0.3) is 0 Å². The van der Waals surface area contributed by atoms with Gasteiger partial charge in [-0.2, -0.15) is 13.2 Å². The van der Waals surface area contributed by atoms with Crippen LogP contribution in [0.1, 0.15) is 6.42 Å². The van der Waals surface area contributed by atoms with Crippen LogP contribution in [0.3, 0.4) is 0 Å². The van der Waals surface area contributed by atoms with Crippen molar-refractivity contribution in [3.63, 3.8) is 0 Å². The van der Waals surface area contributed by atoms with Gasteiger partial charge in [0, 0.05) is 12.1 Å². The number of nitro groups is 1. The van der Waals surface area contributed by atoms with Gasteiger partial charge in [0.15, 0.2) is 5.75 Å². The van der Waals surface area contributed by atoms with E-state index in [1.807, 2.05) is 0 Å². The van der Waals surface area contributed by atoms with Crippen molar-refractivity contribution in [1.82, 2.24) is 0 Å². The Kier molecular flexibility index (Phi) is 3.87. The molecule has 4 nitrogen and oxygen atoms in total. The van der Waals surface area contributed by atoms with Crippen LogP contribution in [0.4, 0.5) is 23.2 Å². The number of benzene rings is 1. The lowest BCUT2D eigenvalue weighted by Crippen LogP contribution is -2.13. The highest BCUT2D eigenvalue weighted by atomic mass is 19.4. The van der Waals surface area contributed by atoms with Gasteiger partial charge in [-0.1, -0.05) is 0 Å². The lowest BCUT2D eigenvalue weighted by molar-refractivity contribution is -0.386. The Balaban J connectivity index is 2.75. The second-order valence-electron chi connectivity index (χ2n) is 3.08. The molecule has 0 spiro atoms. The standard InChI is InChI=1S/C9H7F4NO3/c10-6-1-2-7(14(15)16)8(5-6)17-4-3-9(11,12)13/h1-2,5H,3-4H2. The van der Waals surface area contributed by atoms with E-state index in [1.54, 1.807) is 0 Å². The lowest BCUT2D eigenvalue weighted by atomic mass is 10.3. The van der Waals surface area contributed by atoms with Crippen LogP contribution in [-0.2, 0) is 0 Å². The van der Waals surface area contributed by atoms with Crippen LogP contribution in [0.2, 0.25) is 0 Å². The van der Waals surface area contributed by atoms with E-state index in [-0.39, 0.29) is 0 Å². The smallest absolute Gasteiger partial charge is 0.392 e. The predicted octanol–water partition coefficient (Wildman–Crippen LogP) is 3.07. The molecule has 0 aliphatic heterocycles. The van der Waals surface area contributed by atoms with E-state index in [9.17, 15) is 27.7 Å². The molecule has 0 saturated heterocycles. The molecule has 0 unspecified atom stereocenters. The zero-order valence-electron chi connectivity index (χ0n) is 8.33. The minimum absolute atomic E-state index is 0.515. The number of hydrogen-bond donors (Lipinski definition) is 0. The Hall–Kier alpha value is -1.86. The Labute approximate surface area is 93.0 Å². The third kappa shape index (κ3) is 4.25. The van der Waals surface area contributed by atoms with Crippen LogP contribution in [0.15, 0.2) is 18.2 Å². The summed E-state index contributed by atoms with van der Waals surface area (Å²) in [5.41, 5.74) is -0.575. The SMILES string of the molecule is O=[N+]([O-])c1ccc(F)cc1OCCC(F)(F)F. The highest BCUT2D eigenvalue weighted by molar-refractivity contribution is 5.46. The van der Waals surface area contributed by atoms with Crippen molar-refractivity contribution in [3.8, 4) is 5.75 Å². The molecule has 0 aliphatic rings. The van der Waals surface area contributed by atoms with Crippen LogP contribution in [-0.4, -0.2) is 17.7 Å². The molecule has 0 fully saturated rings. The predicted molar refractivity (Wildman–Crippen MR) is 49.2 cm³/mol. The summed E-state index contributed by atoms with van der Waals surface area (Å²) in [4.78, 5) is 9.62. The number of halogens is 4. The minimum Gasteiger partial charge on any atom is -0.486 e. The first-order chi connectivity index (χ1) is 7.79. The molecule has 0 bridgehead atoms. The fourth-order valence-electron chi connectivity index (χ4n) is 1.03. The first-order valence-corrected chi connectivity index (χ1v) is 4.43. The van der Waals surface area contributed by atoms with Gasteiger partial charge in [0.1, 0.15) is 5.82 Å². The molecule has 0 saturated carbocycles. The van der Waals surface area contributed by atoms with Crippen molar-refractivity contribution >= 4 is 5.69 Å². The molecule has 94 valence electrons. The Morgan fingerprint density at radius 1 is 1.35 bits per heavy atom. The van der Waals surface area contributed by atoms with Crippen LogP contribution < -0.4 is 4.74 Å². The maximum Gasteiger partial charge on any atom is 0.392 e. The van der Waals surface area contributed by atoms with E-state index in [4.69, 9.17) is 0 Å². The fraction of sp³-hybridized carbons (Fsp3) is 0.333. The number of alkyl halides is 3. The van der Waals surface area contributed by atoms with Gasteiger partial charge in [-0.15, -0.1) is 0 Å². The molecule has 0 radical (unpaired) electrons. The largest absolute Gasteiger partial charge is 0.486 e. The van der Waals surface area contributed by atoms with E-state index in [0.717, 1.165) is 12.1 Å². The van der Waals surface area contributed by atoms with Crippen molar-refractivity contribution in [2.75, 3.05) is 6.61 Å². The summed E-state index contributed by atoms with van der Waals surface area (Å²) in [5, 5.41) is 10.5. The van der Waals surface area contributed by atoms with Gasteiger partial charge < -0.3 is 4.74 Å². The molecule has 17 heavy (non-hydrogen) atoms. The fourth-order valence-corrected chi connectivity index (χ4v) is 1.03. The molecule has 1 rings (SSSR count). The summed E-state index contributed by atoms with van der Waals surface area (Å²) < 4.78 is 52.7. The minimum atomic E-state index is -4.43. The van der Waals surface area contributed by atoms with Gasteiger partial charge in [-0.3, -0.25) is 10.1 Å². The highest BCUT2D eigenvalue weighted by Crippen LogP contribution is 2.28. The zero-order valence-corrected chi connectivity index (χ0v) is 8.33. The Morgan fingerprint density at radius 2 is 2.00 bits per heavy atom. The van der Waals surface area contributed by atoms with Crippen LogP contribution >= 0.6 is 0 Å². The van der Waals surface area contributed by atoms with Gasteiger partial charge in [0.05, 0.1) is 18.0 Å². The molecule has 0 aromatic heterocycles. The molecule has 0 heterocycles. The van der Waals surface area contributed by atoms with Crippen molar-refractivity contribution in [2.45, 2.75) is 12.6 Å². The summed E-state index contributed by atoms with van der Waals surface area (Å²) >= 11 is 0. The molecule has 8 heteroatoms. The zero-order chi connectivity index (χ0) is 13.1. The van der Waals surface area contributed by atoms with E-state index in [1.165, 1.54) is 0 Å². The summed E-state index contributed by atoms with van der Waals surface area (Å²) in [7, 11) is 0. The van der Waals surface area contributed by atoms with Gasteiger partial charge >= 0.3 is 11.9 Å². The average Bonchev–Trinajstić information content (AvgIpc) is 2.15. The van der Waals surface area contributed by atoms with Crippen molar-refractivity contribution in [2.24, 2.45) is 0 Å². The van der Waals surface area contributed by atoms with Crippen molar-refractivity contribution < 1.29 is 27.2 Å². The Bertz CT molecular complexity index is 419. The van der Waals surface area contributed by atoms with E-state index in [2.05, 4.69) is 4.74 Å². The monoisotopic (exact) mass is 253 g/mol. The maximum atomic E-state index is 12.7. The first-order valence-electron chi connectivity index (χ1n) is 4.43. The van der Waals surface area contributed by atoms with E-state index in [0.29, 0.717) is 6.07 Å². The highest BCUT2D eigenvalue weighted by Gasteiger charge is 2.27. The van der Waals surface area contributed by atoms with Crippen LogP contribution in [0, 0.1) is 15.9 Å². The Morgan fingerprint density at radius 3 is 2.53 bits per heavy atom. The van der Waals surface area contributed by atoms with Crippen molar-refractivity contribution in [3.05, 3.63) is 34.1 Å². The first kappa shape index (κ1) is 13.2.